The smallest absolute Gasteiger partial charge is 0.228 e. The van der Waals surface area contributed by atoms with Gasteiger partial charge >= 0.3 is 0 Å². The Morgan fingerprint density at radius 3 is 2.59 bits per heavy atom. The van der Waals surface area contributed by atoms with E-state index in [0.29, 0.717) is 19.8 Å². The number of amides is 2. The third-order valence-corrected chi connectivity index (χ3v) is 3.85. The van der Waals surface area contributed by atoms with Crippen LogP contribution in [0.2, 0.25) is 0 Å². The van der Waals surface area contributed by atoms with Crippen LogP contribution < -0.4 is 5.73 Å². The molecule has 2 amide bonds. The van der Waals surface area contributed by atoms with Gasteiger partial charge < -0.3 is 15.4 Å². The number of piperidine rings is 1. The summed E-state index contributed by atoms with van der Waals surface area (Å²) >= 11 is 0. The molecule has 2 N–H and O–H groups in total. The first kappa shape index (κ1) is 12.4. The van der Waals surface area contributed by atoms with Gasteiger partial charge in [0.15, 0.2) is 0 Å². The van der Waals surface area contributed by atoms with Crippen molar-refractivity contribution in [3.8, 4) is 0 Å². The molecule has 0 aromatic heterocycles. The molecule has 96 valence electrons. The fourth-order valence-corrected chi connectivity index (χ4v) is 2.61. The lowest BCUT2D eigenvalue weighted by Gasteiger charge is -2.38. The average molecular weight is 240 g/mol. The molecule has 0 saturated carbocycles. The number of primary amides is 1. The second-order valence-corrected chi connectivity index (χ2v) is 5.08. The molecule has 2 aliphatic heterocycles. The molecule has 0 aromatic rings. The van der Waals surface area contributed by atoms with Crippen molar-refractivity contribution in [2.75, 3.05) is 19.8 Å². The van der Waals surface area contributed by atoms with Crippen molar-refractivity contribution in [1.29, 1.82) is 0 Å². The van der Waals surface area contributed by atoms with Crippen LogP contribution in [-0.2, 0) is 14.3 Å². The van der Waals surface area contributed by atoms with Gasteiger partial charge in [-0.2, -0.15) is 0 Å². The monoisotopic (exact) mass is 240 g/mol. The van der Waals surface area contributed by atoms with E-state index in [1.165, 1.54) is 0 Å². The number of hydrogen-bond donors (Lipinski definition) is 1. The fraction of sp³-hybridized carbons (Fsp3) is 0.833. The number of rotatable bonds is 2. The minimum absolute atomic E-state index is 0.0240. The number of hydrogen-bond acceptors (Lipinski definition) is 3. The van der Waals surface area contributed by atoms with Crippen LogP contribution in [0, 0.1) is 11.8 Å². The minimum atomic E-state index is -0.294. The molecule has 2 aliphatic rings. The second kappa shape index (κ2) is 5.04. The lowest BCUT2D eigenvalue weighted by molar-refractivity contribution is -0.141. The van der Waals surface area contributed by atoms with Gasteiger partial charge in [0, 0.05) is 19.2 Å². The van der Waals surface area contributed by atoms with Crippen molar-refractivity contribution < 1.29 is 14.3 Å². The summed E-state index contributed by atoms with van der Waals surface area (Å²) in [7, 11) is 0. The van der Waals surface area contributed by atoms with E-state index in [9.17, 15) is 9.59 Å². The van der Waals surface area contributed by atoms with Crippen molar-refractivity contribution >= 4 is 11.8 Å². The molecule has 3 unspecified atom stereocenters. The SMILES string of the molecule is CC1CCC(C(N)=O)CN1C(=O)C1CCOC1. The first-order chi connectivity index (χ1) is 8.09. The zero-order valence-corrected chi connectivity index (χ0v) is 10.2. The molecule has 2 fully saturated rings. The Bertz CT molecular complexity index is 313. The van der Waals surface area contributed by atoms with Crippen molar-refractivity contribution in [3.63, 3.8) is 0 Å². The topological polar surface area (TPSA) is 72.6 Å². The van der Waals surface area contributed by atoms with Gasteiger partial charge in [0.1, 0.15) is 0 Å². The maximum atomic E-state index is 12.3. The molecule has 0 spiro atoms. The first-order valence-corrected chi connectivity index (χ1v) is 6.27. The molecule has 0 aliphatic carbocycles. The Kier molecular flexibility index (Phi) is 3.66. The Hall–Kier alpha value is -1.10. The summed E-state index contributed by atoms with van der Waals surface area (Å²) in [5.74, 6) is -0.375. The van der Waals surface area contributed by atoms with E-state index >= 15 is 0 Å². The van der Waals surface area contributed by atoms with Gasteiger partial charge in [0.25, 0.3) is 0 Å². The predicted octanol–water partition coefficient (Wildman–Crippen LogP) is 0.135. The molecule has 3 atom stereocenters. The maximum Gasteiger partial charge on any atom is 0.228 e. The van der Waals surface area contributed by atoms with Gasteiger partial charge in [-0.05, 0) is 26.2 Å². The van der Waals surface area contributed by atoms with E-state index in [4.69, 9.17) is 10.5 Å². The highest BCUT2D eigenvalue weighted by Crippen LogP contribution is 2.25. The van der Waals surface area contributed by atoms with Gasteiger partial charge in [-0.25, -0.2) is 0 Å². The average Bonchev–Trinajstić information content (AvgIpc) is 2.81. The summed E-state index contributed by atoms with van der Waals surface area (Å²) in [4.78, 5) is 25.3. The molecule has 2 saturated heterocycles. The lowest BCUT2D eigenvalue weighted by Crippen LogP contribution is -2.50. The number of nitrogens with two attached hydrogens (primary N) is 1. The van der Waals surface area contributed by atoms with E-state index in [2.05, 4.69) is 0 Å². The second-order valence-electron chi connectivity index (χ2n) is 5.08. The van der Waals surface area contributed by atoms with Crippen LogP contribution in [0.25, 0.3) is 0 Å². The molecule has 5 nitrogen and oxygen atoms in total. The van der Waals surface area contributed by atoms with Gasteiger partial charge in [0.05, 0.1) is 18.4 Å². The highest BCUT2D eigenvalue weighted by atomic mass is 16.5. The van der Waals surface area contributed by atoms with Crippen LogP contribution in [0.4, 0.5) is 0 Å². The number of likely N-dealkylation sites (tertiary alicyclic amines) is 1. The van der Waals surface area contributed by atoms with Crippen LogP contribution in [-0.4, -0.2) is 42.5 Å². The van der Waals surface area contributed by atoms with E-state index in [1.54, 1.807) is 0 Å². The molecule has 5 heteroatoms. The Morgan fingerprint density at radius 2 is 2.00 bits per heavy atom. The summed E-state index contributed by atoms with van der Waals surface area (Å²) in [5, 5.41) is 0. The maximum absolute atomic E-state index is 12.3. The van der Waals surface area contributed by atoms with Crippen molar-refractivity contribution in [2.45, 2.75) is 32.2 Å². The molecule has 17 heavy (non-hydrogen) atoms. The largest absolute Gasteiger partial charge is 0.381 e. The lowest BCUT2D eigenvalue weighted by atomic mass is 9.91. The van der Waals surface area contributed by atoms with Crippen molar-refractivity contribution in [1.82, 2.24) is 4.90 Å². The third kappa shape index (κ3) is 2.60. The molecule has 0 radical (unpaired) electrons. The summed E-state index contributed by atoms with van der Waals surface area (Å²) in [6.07, 6.45) is 2.44. The minimum Gasteiger partial charge on any atom is -0.381 e. The molecule has 2 rings (SSSR count). The quantitative estimate of drug-likeness (QED) is 0.746. The van der Waals surface area contributed by atoms with E-state index in [1.807, 2.05) is 11.8 Å². The Morgan fingerprint density at radius 1 is 1.24 bits per heavy atom. The highest BCUT2D eigenvalue weighted by Gasteiger charge is 2.35. The standard InChI is InChI=1S/C12H20N2O3/c1-8-2-3-9(11(13)15)6-14(8)12(16)10-4-5-17-7-10/h8-10H,2-7H2,1H3,(H2,13,15). The normalized spacial score (nSPS) is 33.7. The van der Waals surface area contributed by atoms with E-state index < -0.39 is 0 Å². The number of nitrogens with zero attached hydrogens (tertiary/aromatic N) is 1. The van der Waals surface area contributed by atoms with Crippen LogP contribution in [0.5, 0.6) is 0 Å². The summed E-state index contributed by atoms with van der Waals surface area (Å²) in [5.41, 5.74) is 5.33. The first-order valence-electron chi connectivity index (χ1n) is 6.27. The molecular formula is C12H20N2O3. The van der Waals surface area contributed by atoms with E-state index in [-0.39, 0.29) is 29.7 Å². The van der Waals surface area contributed by atoms with Crippen molar-refractivity contribution in [3.05, 3.63) is 0 Å². The van der Waals surface area contributed by atoms with Crippen LogP contribution in [0.1, 0.15) is 26.2 Å². The zero-order valence-electron chi connectivity index (χ0n) is 10.2. The van der Waals surface area contributed by atoms with Crippen molar-refractivity contribution in [2.24, 2.45) is 17.6 Å². The Balaban J connectivity index is 2.01. The number of ether oxygens (including phenoxy) is 1. The number of carbonyl (C=O) groups excluding carboxylic acids is 2. The van der Waals surface area contributed by atoms with Crippen LogP contribution in [0.15, 0.2) is 0 Å². The van der Waals surface area contributed by atoms with Crippen LogP contribution >= 0.6 is 0 Å². The highest BCUT2D eigenvalue weighted by molar-refractivity contribution is 5.82. The summed E-state index contributed by atoms with van der Waals surface area (Å²) in [6, 6.07) is 0.207. The molecular weight excluding hydrogens is 220 g/mol. The molecule has 0 aromatic carbocycles. The van der Waals surface area contributed by atoms with E-state index in [0.717, 1.165) is 19.3 Å². The molecule has 0 bridgehead atoms. The number of carbonyl (C=O) groups is 2. The zero-order chi connectivity index (χ0) is 12.4. The van der Waals surface area contributed by atoms with Gasteiger partial charge in [0.2, 0.25) is 11.8 Å². The summed E-state index contributed by atoms with van der Waals surface area (Å²) < 4.78 is 5.24. The fourth-order valence-electron chi connectivity index (χ4n) is 2.61. The summed E-state index contributed by atoms with van der Waals surface area (Å²) in [6.45, 7) is 3.69. The van der Waals surface area contributed by atoms with Gasteiger partial charge in [-0.3, -0.25) is 9.59 Å². The third-order valence-electron chi connectivity index (χ3n) is 3.85. The van der Waals surface area contributed by atoms with Gasteiger partial charge in [-0.15, -0.1) is 0 Å². The van der Waals surface area contributed by atoms with Crippen LogP contribution in [0.3, 0.4) is 0 Å². The van der Waals surface area contributed by atoms with Gasteiger partial charge in [-0.1, -0.05) is 0 Å². The molecule has 2 heterocycles. The Labute approximate surface area is 101 Å². The predicted molar refractivity (Wildman–Crippen MR) is 62.0 cm³/mol.